The Balaban J connectivity index is 4.53. The zero-order valence-corrected chi connectivity index (χ0v) is 37.7. The second-order valence-electron chi connectivity index (χ2n) is 15.0. The molecule has 0 aromatic carbocycles. The molecule has 0 N–H and O–H groups in total. The first-order valence-electron chi connectivity index (χ1n) is 23.5. The Kier molecular flexibility index (Phi) is 43.6. The molecule has 0 bridgehead atoms. The molecule has 0 radical (unpaired) electrons. The third kappa shape index (κ3) is 45.0. The largest absolute Gasteiger partial charge is 0.462 e. The summed E-state index contributed by atoms with van der Waals surface area (Å²) in [5.74, 6) is -1.01. The quantitative estimate of drug-likeness (QED) is 0.0201. The van der Waals surface area contributed by atoms with Crippen molar-refractivity contribution in [3.05, 3.63) is 109 Å². The summed E-state index contributed by atoms with van der Waals surface area (Å²) in [6.07, 6.45) is 62.2. The van der Waals surface area contributed by atoms with Crippen LogP contribution in [0.15, 0.2) is 109 Å². The lowest BCUT2D eigenvalue weighted by atomic mass is 10.1. The van der Waals surface area contributed by atoms with E-state index in [1.165, 1.54) is 51.4 Å². The van der Waals surface area contributed by atoms with E-state index in [9.17, 15) is 14.4 Å². The fourth-order valence-corrected chi connectivity index (χ4v) is 5.96. The van der Waals surface area contributed by atoms with Crippen molar-refractivity contribution in [1.29, 1.82) is 0 Å². The Morgan fingerprint density at radius 1 is 0.356 bits per heavy atom. The van der Waals surface area contributed by atoms with Gasteiger partial charge >= 0.3 is 17.9 Å². The standard InChI is InChI=1S/C53H84O6/c1-4-7-10-13-16-19-22-25-28-31-34-37-40-43-46-52(55)58-49-50(48-57-51(54)45-42-39-36-33-30-27-24-21-18-15-12-9-6-3)59-53(56)47-44-41-38-35-32-29-26-23-20-17-14-11-8-5-2/h7-12,15-21,24,27,30,33,36,50H,4-6,13-14,22-23,25-26,28-29,31-32,34-35,37-49H2,1-3H3/b10-7-,11-8-,12-9-,18-15-,19-16-,20-17-,24-21-,30-27-,36-33-. The smallest absolute Gasteiger partial charge is 0.306 e. The molecule has 0 spiro atoms. The van der Waals surface area contributed by atoms with Crippen LogP contribution >= 0.6 is 0 Å². The molecular weight excluding hydrogens is 733 g/mol. The van der Waals surface area contributed by atoms with E-state index in [4.69, 9.17) is 14.2 Å². The van der Waals surface area contributed by atoms with Crippen molar-refractivity contribution >= 4 is 17.9 Å². The predicted molar refractivity (Wildman–Crippen MR) is 251 cm³/mol. The zero-order chi connectivity index (χ0) is 43.0. The first-order chi connectivity index (χ1) is 29.0. The number of ether oxygens (including phenoxy) is 3. The average Bonchev–Trinajstić information content (AvgIpc) is 3.23. The molecule has 0 aliphatic carbocycles. The Labute approximate surface area is 361 Å². The van der Waals surface area contributed by atoms with Crippen LogP contribution in [-0.2, 0) is 28.6 Å². The maximum atomic E-state index is 12.7. The molecule has 0 fully saturated rings. The summed E-state index contributed by atoms with van der Waals surface area (Å²) in [5.41, 5.74) is 0. The molecule has 0 amide bonds. The van der Waals surface area contributed by atoms with Crippen LogP contribution in [0.4, 0.5) is 0 Å². The van der Waals surface area contributed by atoms with Gasteiger partial charge < -0.3 is 14.2 Å². The van der Waals surface area contributed by atoms with Gasteiger partial charge in [-0.2, -0.15) is 0 Å². The molecule has 0 aliphatic rings. The maximum absolute atomic E-state index is 12.7. The second-order valence-corrected chi connectivity index (χ2v) is 15.0. The van der Waals surface area contributed by atoms with Crippen LogP contribution in [0.1, 0.15) is 188 Å². The number of hydrogen-bond acceptors (Lipinski definition) is 6. The van der Waals surface area contributed by atoms with Gasteiger partial charge in [0.1, 0.15) is 13.2 Å². The number of carbonyl (C=O) groups is 3. The molecule has 0 rings (SSSR count). The molecule has 0 saturated heterocycles. The van der Waals surface area contributed by atoms with Crippen molar-refractivity contribution in [3.63, 3.8) is 0 Å². The second kappa shape index (κ2) is 46.8. The monoisotopic (exact) mass is 817 g/mol. The molecule has 59 heavy (non-hydrogen) atoms. The summed E-state index contributed by atoms with van der Waals surface area (Å²) in [5, 5.41) is 0. The van der Waals surface area contributed by atoms with Crippen molar-refractivity contribution < 1.29 is 28.6 Å². The highest BCUT2D eigenvalue weighted by Crippen LogP contribution is 2.13. The summed E-state index contributed by atoms with van der Waals surface area (Å²) in [6, 6.07) is 0. The van der Waals surface area contributed by atoms with Gasteiger partial charge in [0, 0.05) is 19.3 Å². The number of esters is 3. The summed E-state index contributed by atoms with van der Waals surface area (Å²) < 4.78 is 16.7. The van der Waals surface area contributed by atoms with Crippen molar-refractivity contribution in [3.8, 4) is 0 Å². The lowest BCUT2D eigenvalue weighted by molar-refractivity contribution is -0.167. The number of hydrogen-bond donors (Lipinski definition) is 0. The van der Waals surface area contributed by atoms with Crippen molar-refractivity contribution in [2.24, 2.45) is 0 Å². The van der Waals surface area contributed by atoms with Crippen LogP contribution in [0.3, 0.4) is 0 Å². The fraction of sp³-hybridized carbons (Fsp3) is 0.604. The number of allylic oxidation sites excluding steroid dienone is 18. The van der Waals surface area contributed by atoms with Gasteiger partial charge in [-0.25, -0.2) is 0 Å². The van der Waals surface area contributed by atoms with E-state index in [1.807, 2.05) is 54.7 Å². The highest BCUT2D eigenvalue weighted by atomic mass is 16.6. The molecule has 6 nitrogen and oxygen atoms in total. The number of carbonyl (C=O) groups excluding carboxylic acids is 3. The Hall–Kier alpha value is -3.93. The van der Waals surface area contributed by atoms with Gasteiger partial charge in [-0.1, -0.05) is 194 Å². The van der Waals surface area contributed by atoms with Gasteiger partial charge in [-0.3, -0.25) is 14.4 Å². The maximum Gasteiger partial charge on any atom is 0.306 e. The molecule has 1 unspecified atom stereocenters. The van der Waals surface area contributed by atoms with Crippen molar-refractivity contribution in [2.75, 3.05) is 13.2 Å². The van der Waals surface area contributed by atoms with E-state index in [0.717, 1.165) is 89.9 Å². The van der Waals surface area contributed by atoms with Gasteiger partial charge in [0.05, 0.1) is 0 Å². The highest BCUT2D eigenvalue weighted by Gasteiger charge is 2.19. The normalized spacial score (nSPS) is 13.1. The molecule has 0 saturated carbocycles. The number of rotatable bonds is 40. The first kappa shape index (κ1) is 55.1. The molecule has 6 heteroatoms. The molecule has 0 heterocycles. The molecule has 0 aromatic rings. The van der Waals surface area contributed by atoms with Gasteiger partial charge in [0.25, 0.3) is 0 Å². The Morgan fingerprint density at radius 3 is 1.19 bits per heavy atom. The van der Waals surface area contributed by atoms with Crippen LogP contribution in [0.2, 0.25) is 0 Å². The molecule has 1 atom stereocenters. The molecule has 0 aromatic heterocycles. The third-order valence-corrected chi connectivity index (χ3v) is 9.38. The minimum absolute atomic E-state index is 0.111. The SMILES string of the molecule is CC\C=C/C=C\C=C/C=C\C=C/CCCC(=O)OCC(COC(=O)CCCCCCCCC/C=C\C/C=C\CC)OC(=O)CCCCCCCCC/C=C\C/C=C\CC. The van der Waals surface area contributed by atoms with E-state index in [2.05, 4.69) is 75.5 Å². The van der Waals surface area contributed by atoms with E-state index in [1.54, 1.807) is 0 Å². The van der Waals surface area contributed by atoms with Gasteiger partial charge in [0.15, 0.2) is 6.10 Å². The summed E-state index contributed by atoms with van der Waals surface area (Å²) in [7, 11) is 0. The molecular formula is C53H84O6. The summed E-state index contributed by atoms with van der Waals surface area (Å²) in [4.78, 5) is 37.8. The van der Waals surface area contributed by atoms with Crippen molar-refractivity contribution in [2.45, 2.75) is 194 Å². The number of unbranched alkanes of at least 4 members (excludes halogenated alkanes) is 15. The van der Waals surface area contributed by atoms with Crippen LogP contribution in [-0.4, -0.2) is 37.2 Å². The first-order valence-corrected chi connectivity index (χ1v) is 23.5. The zero-order valence-electron chi connectivity index (χ0n) is 37.7. The Bertz CT molecular complexity index is 1260. The van der Waals surface area contributed by atoms with Gasteiger partial charge in [0.2, 0.25) is 0 Å². The highest BCUT2D eigenvalue weighted by molar-refractivity contribution is 5.71. The van der Waals surface area contributed by atoms with Crippen LogP contribution < -0.4 is 0 Å². The third-order valence-electron chi connectivity index (χ3n) is 9.38. The summed E-state index contributed by atoms with van der Waals surface area (Å²) in [6.45, 7) is 6.18. The Morgan fingerprint density at radius 2 is 0.712 bits per heavy atom. The fourth-order valence-electron chi connectivity index (χ4n) is 5.96. The molecule has 332 valence electrons. The van der Waals surface area contributed by atoms with E-state index >= 15 is 0 Å². The predicted octanol–water partition coefficient (Wildman–Crippen LogP) is 15.2. The minimum Gasteiger partial charge on any atom is -0.462 e. The van der Waals surface area contributed by atoms with E-state index in [0.29, 0.717) is 19.3 Å². The average molecular weight is 817 g/mol. The summed E-state index contributed by atoms with van der Waals surface area (Å²) >= 11 is 0. The lowest BCUT2D eigenvalue weighted by Crippen LogP contribution is -2.30. The minimum atomic E-state index is -0.814. The van der Waals surface area contributed by atoms with E-state index < -0.39 is 6.10 Å². The lowest BCUT2D eigenvalue weighted by Gasteiger charge is -2.18. The van der Waals surface area contributed by atoms with Crippen molar-refractivity contribution in [1.82, 2.24) is 0 Å². The van der Waals surface area contributed by atoms with Crippen LogP contribution in [0, 0.1) is 0 Å². The van der Waals surface area contributed by atoms with E-state index in [-0.39, 0.29) is 37.5 Å². The van der Waals surface area contributed by atoms with Gasteiger partial charge in [-0.05, 0) is 83.5 Å². The van der Waals surface area contributed by atoms with Crippen LogP contribution in [0.5, 0.6) is 0 Å². The topological polar surface area (TPSA) is 78.9 Å². The van der Waals surface area contributed by atoms with Gasteiger partial charge in [-0.15, -0.1) is 0 Å². The molecule has 0 aliphatic heterocycles. The van der Waals surface area contributed by atoms with Crippen LogP contribution in [0.25, 0.3) is 0 Å².